The molecular formula is C15H23BrN2O. The molecule has 1 aliphatic heterocycles. The Bertz CT molecular complexity index is 413. The molecule has 2 rings (SSSR count). The highest BCUT2D eigenvalue weighted by Crippen LogP contribution is 2.24. The van der Waals surface area contributed by atoms with Gasteiger partial charge >= 0.3 is 0 Å². The summed E-state index contributed by atoms with van der Waals surface area (Å²) in [5, 5.41) is 0. The van der Waals surface area contributed by atoms with Crippen molar-refractivity contribution in [1.82, 2.24) is 4.90 Å². The summed E-state index contributed by atoms with van der Waals surface area (Å²) in [6.45, 7) is 3.68. The molecule has 3 unspecified atom stereocenters. The zero-order valence-electron chi connectivity index (χ0n) is 11.7. The molecule has 106 valence electrons. The summed E-state index contributed by atoms with van der Waals surface area (Å²) in [6, 6.07) is 8.71. The lowest BCUT2D eigenvalue weighted by Crippen LogP contribution is -2.46. The van der Waals surface area contributed by atoms with E-state index in [4.69, 9.17) is 10.5 Å². The molecule has 0 amide bonds. The Morgan fingerprint density at radius 1 is 1.47 bits per heavy atom. The summed E-state index contributed by atoms with van der Waals surface area (Å²) in [5.74, 6) is 0. The zero-order chi connectivity index (χ0) is 13.8. The van der Waals surface area contributed by atoms with Gasteiger partial charge in [0.1, 0.15) is 0 Å². The van der Waals surface area contributed by atoms with Crippen molar-refractivity contribution in [2.45, 2.75) is 44.6 Å². The first-order valence-electron chi connectivity index (χ1n) is 6.90. The highest BCUT2D eigenvalue weighted by atomic mass is 79.9. The first kappa shape index (κ1) is 15.0. The molecule has 3 nitrogen and oxygen atoms in total. The molecule has 1 saturated heterocycles. The van der Waals surface area contributed by atoms with Crippen LogP contribution in [0.15, 0.2) is 28.7 Å². The van der Waals surface area contributed by atoms with Gasteiger partial charge in [0, 0.05) is 23.6 Å². The molecule has 19 heavy (non-hydrogen) atoms. The van der Waals surface area contributed by atoms with Gasteiger partial charge in [0.25, 0.3) is 0 Å². The van der Waals surface area contributed by atoms with Crippen LogP contribution in [0.4, 0.5) is 0 Å². The molecule has 0 radical (unpaired) electrons. The normalized spacial score (nSPS) is 24.9. The van der Waals surface area contributed by atoms with Gasteiger partial charge in [0.15, 0.2) is 0 Å². The quantitative estimate of drug-likeness (QED) is 0.904. The average Bonchev–Trinajstić information content (AvgIpc) is 2.76. The van der Waals surface area contributed by atoms with Gasteiger partial charge in [-0.1, -0.05) is 28.1 Å². The number of ether oxygens (including phenoxy) is 1. The monoisotopic (exact) mass is 326 g/mol. The molecular weight excluding hydrogens is 304 g/mol. The smallest absolute Gasteiger partial charge is 0.0747 e. The fourth-order valence-corrected chi connectivity index (χ4v) is 3.22. The van der Waals surface area contributed by atoms with E-state index in [2.05, 4.69) is 53.0 Å². The van der Waals surface area contributed by atoms with Crippen LogP contribution in [0.5, 0.6) is 0 Å². The number of hydrogen-bond acceptors (Lipinski definition) is 3. The van der Waals surface area contributed by atoms with Crippen molar-refractivity contribution >= 4 is 15.9 Å². The second kappa shape index (κ2) is 6.84. The van der Waals surface area contributed by atoms with E-state index in [9.17, 15) is 0 Å². The Morgan fingerprint density at radius 3 is 2.84 bits per heavy atom. The number of nitrogens with two attached hydrogens (primary N) is 1. The molecule has 0 aromatic heterocycles. The van der Waals surface area contributed by atoms with Crippen LogP contribution in [-0.4, -0.2) is 36.7 Å². The van der Waals surface area contributed by atoms with E-state index >= 15 is 0 Å². The molecule has 2 N–H and O–H groups in total. The Morgan fingerprint density at radius 2 is 2.26 bits per heavy atom. The number of hydrogen-bond donors (Lipinski definition) is 1. The van der Waals surface area contributed by atoms with Crippen LogP contribution < -0.4 is 5.73 Å². The third-order valence-electron chi connectivity index (χ3n) is 3.82. The molecule has 1 fully saturated rings. The lowest BCUT2D eigenvalue weighted by atomic mass is 10.1. The van der Waals surface area contributed by atoms with Crippen molar-refractivity contribution in [3.63, 3.8) is 0 Å². The number of benzene rings is 1. The predicted molar refractivity (Wildman–Crippen MR) is 82.0 cm³/mol. The highest BCUT2D eigenvalue weighted by Gasteiger charge is 2.31. The zero-order valence-corrected chi connectivity index (χ0v) is 13.3. The topological polar surface area (TPSA) is 38.5 Å². The maximum absolute atomic E-state index is 5.97. The summed E-state index contributed by atoms with van der Waals surface area (Å²) in [4.78, 5) is 2.31. The van der Waals surface area contributed by atoms with Crippen LogP contribution in [0.1, 0.15) is 25.3 Å². The molecule has 4 heteroatoms. The lowest BCUT2D eigenvalue weighted by molar-refractivity contribution is 0.000840. The number of nitrogens with zero attached hydrogens (tertiary/aromatic N) is 1. The van der Waals surface area contributed by atoms with Gasteiger partial charge in [-0.3, -0.25) is 4.90 Å². The van der Waals surface area contributed by atoms with Crippen molar-refractivity contribution in [2.24, 2.45) is 5.73 Å². The molecule has 1 aromatic rings. The summed E-state index contributed by atoms with van der Waals surface area (Å²) in [6.07, 6.45) is 2.91. The third kappa shape index (κ3) is 4.02. The molecule has 1 aromatic carbocycles. The van der Waals surface area contributed by atoms with Gasteiger partial charge < -0.3 is 10.5 Å². The number of rotatable bonds is 5. The Balaban J connectivity index is 1.98. The van der Waals surface area contributed by atoms with E-state index in [0.717, 1.165) is 23.9 Å². The molecule has 1 aliphatic rings. The second-order valence-electron chi connectivity index (χ2n) is 5.41. The van der Waals surface area contributed by atoms with Crippen LogP contribution in [0.3, 0.4) is 0 Å². The summed E-state index contributed by atoms with van der Waals surface area (Å²) < 4.78 is 7.08. The van der Waals surface area contributed by atoms with Gasteiger partial charge in [0.2, 0.25) is 0 Å². The molecule has 0 saturated carbocycles. The SMILES string of the molecule is CC1CCC(C(CN)N(C)Cc2cccc(Br)c2)O1. The molecule has 0 spiro atoms. The Hall–Kier alpha value is -0.420. The average molecular weight is 327 g/mol. The van der Waals surface area contributed by atoms with Gasteiger partial charge in [0.05, 0.1) is 12.2 Å². The van der Waals surface area contributed by atoms with E-state index in [1.807, 2.05) is 6.07 Å². The standard InChI is InChI=1S/C15H23BrN2O/c1-11-6-7-15(19-11)14(9-17)18(2)10-12-4-3-5-13(16)8-12/h3-5,8,11,14-15H,6-7,9-10,17H2,1-2H3. The number of likely N-dealkylation sites (N-methyl/N-ethyl adjacent to an activating group) is 1. The van der Waals surface area contributed by atoms with Crippen LogP contribution in [-0.2, 0) is 11.3 Å². The summed E-state index contributed by atoms with van der Waals surface area (Å²) in [5.41, 5.74) is 7.24. The van der Waals surface area contributed by atoms with Crippen molar-refractivity contribution in [1.29, 1.82) is 0 Å². The summed E-state index contributed by atoms with van der Waals surface area (Å²) >= 11 is 3.51. The van der Waals surface area contributed by atoms with E-state index in [1.54, 1.807) is 0 Å². The van der Waals surface area contributed by atoms with Gasteiger partial charge in [-0.25, -0.2) is 0 Å². The van der Waals surface area contributed by atoms with Gasteiger partial charge in [-0.05, 0) is 44.5 Å². The maximum atomic E-state index is 5.97. The van der Waals surface area contributed by atoms with Crippen LogP contribution in [0, 0.1) is 0 Å². The minimum absolute atomic E-state index is 0.275. The van der Waals surface area contributed by atoms with Crippen LogP contribution in [0.25, 0.3) is 0 Å². The van der Waals surface area contributed by atoms with Gasteiger partial charge in [-0.2, -0.15) is 0 Å². The largest absolute Gasteiger partial charge is 0.374 e. The van der Waals surface area contributed by atoms with Crippen molar-refractivity contribution in [3.05, 3.63) is 34.3 Å². The van der Waals surface area contributed by atoms with Crippen molar-refractivity contribution < 1.29 is 4.74 Å². The first-order chi connectivity index (χ1) is 9.10. The van der Waals surface area contributed by atoms with Crippen LogP contribution >= 0.6 is 15.9 Å². The number of halogens is 1. The second-order valence-corrected chi connectivity index (χ2v) is 6.33. The molecule has 0 aliphatic carbocycles. The Kier molecular flexibility index (Phi) is 5.39. The van der Waals surface area contributed by atoms with E-state index in [0.29, 0.717) is 18.7 Å². The highest BCUT2D eigenvalue weighted by molar-refractivity contribution is 9.10. The van der Waals surface area contributed by atoms with Crippen molar-refractivity contribution in [3.8, 4) is 0 Å². The fraction of sp³-hybridized carbons (Fsp3) is 0.600. The van der Waals surface area contributed by atoms with Gasteiger partial charge in [-0.15, -0.1) is 0 Å². The summed E-state index contributed by atoms with van der Waals surface area (Å²) in [7, 11) is 2.13. The van der Waals surface area contributed by atoms with E-state index in [1.165, 1.54) is 5.56 Å². The van der Waals surface area contributed by atoms with Crippen LogP contribution in [0.2, 0.25) is 0 Å². The first-order valence-corrected chi connectivity index (χ1v) is 7.69. The molecule has 0 bridgehead atoms. The maximum Gasteiger partial charge on any atom is 0.0747 e. The lowest BCUT2D eigenvalue weighted by Gasteiger charge is -2.31. The minimum atomic E-state index is 0.275. The minimum Gasteiger partial charge on any atom is -0.374 e. The molecule has 3 atom stereocenters. The predicted octanol–water partition coefficient (Wildman–Crippen LogP) is 2.78. The molecule has 1 heterocycles. The van der Waals surface area contributed by atoms with E-state index in [-0.39, 0.29) is 6.10 Å². The fourth-order valence-electron chi connectivity index (χ4n) is 2.77. The Labute approximate surface area is 124 Å². The van der Waals surface area contributed by atoms with E-state index < -0.39 is 0 Å². The third-order valence-corrected chi connectivity index (χ3v) is 4.32. The van der Waals surface area contributed by atoms with Crippen molar-refractivity contribution in [2.75, 3.05) is 13.6 Å².